The molecule has 0 spiro atoms. The van der Waals surface area contributed by atoms with Crippen molar-refractivity contribution in [3.63, 3.8) is 0 Å². The Kier molecular flexibility index (Phi) is 6.47. The molecule has 4 nitrogen and oxygen atoms in total. The number of hydrogen-bond donors (Lipinski definition) is 3. The lowest BCUT2D eigenvalue weighted by atomic mass is 9.78. The number of halogens is 1. The fourth-order valence-corrected chi connectivity index (χ4v) is 3.00. The number of hydrogen-bond acceptors (Lipinski definition) is 4. The van der Waals surface area contributed by atoms with E-state index in [9.17, 15) is 15.3 Å². The summed E-state index contributed by atoms with van der Waals surface area (Å²) in [6.45, 7) is 0. The van der Waals surface area contributed by atoms with Gasteiger partial charge < -0.3 is 20.2 Å². The quantitative estimate of drug-likeness (QED) is 0.798. The summed E-state index contributed by atoms with van der Waals surface area (Å²) in [6, 6.07) is 7.28. The molecule has 2 rings (SSSR count). The van der Waals surface area contributed by atoms with Gasteiger partial charge in [0.1, 0.15) is 5.75 Å². The van der Waals surface area contributed by atoms with Gasteiger partial charge in [-0.15, -0.1) is 12.4 Å². The van der Waals surface area contributed by atoms with Gasteiger partial charge in [-0.3, -0.25) is 0 Å². The highest BCUT2D eigenvalue weighted by molar-refractivity contribution is 5.85. The van der Waals surface area contributed by atoms with Crippen molar-refractivity contribution in [2.45, 2.75) is 49.9 Å². The van der Waals surface area contributed by atoms with E-state index in [-0.39, 0.29) is 30.3 Å². The molecule has 1 atom stereocenters. The molecule has 1 aliphatic carbocycles. The Balaban J connectivity index is 0.00000220. The largest absolute Gasteiger partial charge is 0.508 e. The first-order chi connectivity index (χ1) is 9.39. The molecule has 21 heavy (non-hydrogen) atoms. The standard InChI is InChI=1S/C16H25NO3.ClH/c1-17(2)15(12-3-5-13(18)6-4-12)11-16(20)9-7-14(19)8-10-16;/h3-6,14-15,18-20H,7-11H2,1-2H3;1H. The Morgan fingerprint density at radius 1 is 1.19 bits per heavy atom. The van der Waals surface area contributed by atoms with Gasteiger partial charge in [0.15, 0.2) is 0 Å². The van der Waals surface area contributed by atoms with E-state index in [2.05, 4.69) is 4.90 Å². The van der Waals surface area contributed by atoms with E-state index < -0.39 is 5.60 Å². The Morgan fingerprint density at radius 3 is 2.19 bits per heavy atom. The minimum Gasteiger partial charge on any atom is -0.508 e. The zero-order chi connectivity index (χ0) is 14.8. The molecule has 0 aliphatic heterocycles. The molecule has 1 aliphatic rings. The third-order valence-corrected chi connectivity index (χ3v) is 4.36. The maximum absolute atomic E-state index is 10.7. The second-order valence-electron chi connectivity index (χ2n) is 6.23. The van der Waals surface area contributed by atoms with Crippen molar-refractivity contribution >= 4 is 12.4 Å². The summed E-state index contributed by atoms with van der Waals surface area (Å²) in [5.74, 6) is 0.255. The van der Waals surface area contributed by atoms with Gasteiger partial charge in [-0.2, -0.15) is 0 Å². The third-order valence-electron chi connectivity index (χ3n) is 4.36. The highest BCUT2D eigenvalue weighted by Crippen LogP contribution is 2.37. The summed E-state index contributed by atoms with van der Waals surface area (Å²) in [5.41, 5.74) is 0.388. The van der Waals surface area contributed by atoms with Gasteiger partial charge in [0.25, 0.3) is 0 Å². The molecule has 1 aromatic carbocycles. The molecule has 3 N–H and O–H groups in total. The highest BCUT2D eigenvalue weighted by Gasteiger charge is 2.35. The van der Waals surface area contributed by atoms with Crippen molar-refractivity contribution in [1.82, 2.24) is 4.90 Å². The average Bonchev–Trinajstić information content (AvgIpc) is 2.41. The number of aliphatic hydroxyl groups excluding tert-OH is 1. The van der Waals surface area contributed by atoms with E-state index in [1.54, 1.807) is 12.1 Å². The van der Waals surface area contributed by atoms with E-state index in [1.807, 2.05) is 26.2 Å². The van der Waals surface area contributed by atoms with Gasteiger partial charge in [-0.25, -0.2) is 0 Å². The molecule has 0 bridgehead atoms. The summed E-state index contributed by atoms with van der Waals surface area (Å²) in [7, 11) is 4.00. The number of aromatic hydroxyl groups is 1. The molecule has 1 aromatic rings. The van der Waals surface area contributed by atoms with E-state index in [1.165, 1.54) is 0 Å². The van der Waals surface area contributed by atoms with Gasteiger partial charge in [0.2, 0.25) is 0 Å². The lowest BCUT2D eigenvalue weighted by molar-refractivity contribution is -0.0508. The smallest absolute Gasteiger partial charge is 0.115 e. The molecule has 1 saturated carbocycles. The van der Waals surface area contributed by atoms with Crippen LogP contribution in [0.4, 0.5) is 0 Å². The number of phenols is 1. The predicted octanol–water partition coefficient (Wildman–Crippen LogP) is 2.47. The van der Waals surface area contributed by atoms with E-state index in [0.29, 0.717) is 32.1 Å². The van der Waals surface area contributed by atoms with Gasteiger partial charge >= 0.3 is 0 Å². The van der Waals surface area contributed by atoms with Crippen molar-refractivity contribution in [2.75, 3.05) is 14.1 Å². The summed E-state index contributed by atoms with van der Waals surface area (Å²) in [5, 5.41) is 29.7. The third kappa shape index (κ3) is 4.85. The molecule has 120 valence electrons. The Hall–Kier alpha value is -0.810. The topological polar surface area (TPSA) is 63.9 Å². The molecule has 0 amide bonds. The number of phenolic OH excluding ortho intramolecular Hbond substituents is 1. The van der Waals surface area contributed by atoms with Crippen LogP contribution in [0.3, 0.4) is 0 Å². The normalized spacial score (nSPS) is 27.2. The fraction of sp³-hybridized carbons (Fsp3) is 0.625. The van der Waals surface area contributed by atoms with Crippen molar-refractivity contribution in [2.24, 2.45) is 0 Å². The number of aliphatic hydroxyl groups is 2. The van der Waals surface area contributed by atoms with Gasteiger partial charge in [0.05, 0.1) is 11.7 Å². The molecule has 0 heterocycles. The molecule has 1 fully saturated rings. The lowest BCUT2D eigenvalue weighted by Gasteiger charge is -2.39. The maximum Gasteiger partial charge on any atom is 0.115 e. The van der Waals surface area contributed by atoms with Crippen LogP contribution in [-0.4, -0.2) is 46.0 Å². The fourth-order valence-electron chi connectivity index (χ4n) is 3.00. The Labute approximate surface area is 132 Å². The van der Waals surface area contributed by atoms with Crippen LogP contribution in [0.1, 0.15) is 43.7 Å². The molecule has 5 heteroatoms. The Morgan fingerprint density at radius 2 is 1.71 bits per heavy atom. The zero-order valence-corrected chi connectivity index (χ0v) is 13.5. The van der Waals surface area contributed by atoms with E-state index in [4.69, 9.17) is 0 Å². The second kappa shape index (κ2) is 7.45. The summed E-state index contributed by atoms with van der Waals surface area (Å²) < 4.78 is 0. The minimum absolute atomic E-state index is 0. The van der Waals surface area contributed by atoms with E-state index in [0.717, 1.165) is 5.56 Å². The van der Waals surface area contributed by atoms with Crippen molar-refractivity contribution < 1.29 is 15.3 Å². The van der Waals surface area contributed by atoms with Crippen molar-refractivity contribution in [1.29, 1.82) is 0 Å². The molecular formula is C16H26ClNO3. The summed E-state index contributed by atoms with van der Waals surface area (Å²) in [4.78, 5) is 2.09. The number of benzene rings is 1. The second-order valence-corrected chi connectivity index (χ2v) is 6.23. The summed E-state index contributed by atoms with van der Waals surface area (Å²) in [6.07, 6.45) is 3.03. The first-order valence-corrected chi connectivity index (χ1v) is 7.25. The summed E-state index contributed by atoms with van der Waals surface area (Å²) >= 11 is 0. The van der Waals surface area contributed by atoms with Crippen LogP contribution in [0.25, 0.3) is 0 Å². The molecule has 0 saturated heterocycles. The minimum atomic E-state index is -0.702. The van der Waals surface area contributed by atoms with Crippen LogP contribution in [0, 0.1) is 0 Å². The molecule has 1 unspecified atom stereocenters. The van der Waals surface area contributed by atoms with Crippen molar-refractivity contribution in [3.8, 4) is 5.75 Å². The van der Waals surface area contributed by atoms with Gasteiger partial charge in [-0.1, -0.05) is 12.1 Å². The van der Waals surface area contributed by atoms with Gasteiger partial charge in [0, 0.05) is 6.04 Å². The molecular weight excluding hydrogens is 290 g/mol. The van der Waals surface area contributed by atoms with Crippen LogP contribution in [0.2, 0.25) is 0 Å². The predicted molar refractivity (Wildman–Crippen MR) is 85.8 cm³/mol. The average molecular weight is 316 g/mol. The molecule has 0 aromatic heterocycles. The first kappa shape index (κ1) is 18.2. The van der Waals surface area contributed by atoms with Crippen molar-refractivity contribution in [3.05, 3.63) is 29.8 Å². The maximum atomic E-state index is 10.7. The van der Waals surface area contributed by atoms with Crippen LogP contribution in [0.5, 0.6) is 5.75 Å². The van der Waals surface area contributed by atoms with Crippen LogP contribution < -0.4 is 0 Å². The van der Waals surface area contributed by atoms with Crippen LogP contribution in [-0.2, 0) is 0 Å². The SMILES string of the molecule is CN(C)C(CC1(O)CCC(O)CC1)c1ccc(O)cc1.Cl. The number of nitrogens with zero attached hydrogens (tertiary/aromatic N) is 1. The Bertz CT molecular complexity index is 428. The highest BCUT2D eigenvalue weighted by atomic mass is 35.5. The molecule has 0 radical (unpaired) electrons. The zero-order valence-electron chi connectivity index (χ0n) is 12.7. The van der Waals surface area contributed by atoms with Crippen LogP contribution in [0.15, 0.2) is 24.3 Å². The van der Waals surface area contributed by atoms with E-state index >= 15 is 0 Å². The van der Waals surface area contributed by atoms with Crippen LogP contribution >= 0.6 is 12.4 Å². The first-order valence-electron chi connectivity index (χ1n) is 7.25. The van der Waals surface area contributed by atoms with Gasteiger partial charge in [-0.05, 0) is 63.9 Å². The number of rotatable bonds is 4. The lowest BCUT2D eigenvalue weighted by Crippen LogP contribution is -2.39. The monoisotopic (exact) mass is 315 g/mol.